The number of aryl methyl sites for hydroxylation is 1. The van der Waals surface area contributed by atoms with Crippen LogP contribution >= 0.6 is 0 Å². The summed E-state index contributed by atoms with van der Waals surface area (Å²) < 4.78 is 11.6. The zero-order valence-corrected chi connectivity index (χ0v) is 11.0. The molecule has 1 aromatic rings. The first kappa shape index (κ1) is 13.5. The quantitative estimate of drug-likeness (QED) is 0.691. The van der Waals surface area contributed by atoms with E-state index in [1.807, 2.05) is 4.90 Å². The molecule has 1 unspecified atom stereocenters. The summed E-state index contributed by atoms with van der Waals surface area (Å²) in [6.45, 7) is 1.51. The van der Waals surface area contributed by atoms with Crippen molar-refractivity contribution >= 4 is 11.8 Å². The van der Waals surface area contributed by atoms with E-state index in [9.17, 15) is 9.59 Å². The van der Waals surface area contributed by atoms with Gasteiger partial charge in [0.25, 0.3) is 5.56 Å². The maximum absolute atomic E-state index is 12.0. The Morgan fingerprint density at radius 1 is 1.63 bits per heavy atom. The van der Waals surface area contributed by atoms with Gasteiger partial charge in [0.05, 0.1) is 26.2 Å². The predicted molar refractivity (Wildman–Crippen MR) is 68.1 cm³/mol. The zero-order chi connectivity index (χ0) is 13.8. The highest BCUT2D eigenvalue weighted by molar-refractivity contribution is 5.69. The van der Waals surface area contributed by atoms with Crippen LogP contribution in [0.2, 0.25) is 0 Å². The van der Waals surface area contributed by atoms with Crippen LogP contribution in [0.25, 0.3) is 0 Å². The van der Waals surface area contributed by atoms with Crippen molar-refractivity contribution in [3.8, 4) is 0 Å². The molecule has 2 rings (SSSR count). The minimum Gasteiger partial charge on any atom is -0.469 e. The predicted octanol–water partition coefficient (Wildman–Crippen LogP) is -0.451. The Morgan fingerprint density at radius 3 is 3.16 bits per heavy atom. The molecule has 1 saturated heterocycles. The second-order valence-electron chi connectivity index (χ2n) is 4.39. The largest absolute Gasteiger partial charge is 0.469 e. The van der Waals surface area contributed by atoms with Crippen molar-refractivity contribution < 1.29 is 14.3 Å². The summed E-state index contributed by atoms with van der Waals surface area (Å²) in [7, 11) is 3.03. The van der Waals surface area contributed by atoms with Crippen molar-refractivity contribution in [3.63, 3.8) is 0 Å². The third kappa shape index (κ3) is 3.11. The van der Waals surface area contributed by atoms with Gasteiger partial charge in [0.1, 0.15) is 0 Å². The van der Waals surface area contributed by atoms with Crippen molar-refractivity contribution in [1.29, 1.82) is 0 Å². The molecule has 0 bridgehead atoms. The molecule has 2 heterocycles. The van der Waals surface area contributed by atoms with Crippen LogP contribution in [0.15, 0.2) is 17.2 Å². The van der Waals surface area contributed by atoms with E-state index in [1.165, 1.54) is 11.7 Å². The normalized spacial score (nSPS) is 19.3. The molecule has 0 aromatic carbocycles. The molecule has 0 radical (unpaired) electrons. The van der Waals surface area contributed by atoms with Crippen LogP contribution in [0, 0.1) is 0 Å². The molecular formula is C12H17N3O4. The molecule has 7 heteroatoms. The highest BCUT2D eigenvalue weighted by atomic mass is 16.5. The van der Waals surface area contributed by atoms with Crippen molar-refractivity contribution in [3.05, 3.63) is 22.7 Å². The number of morpholine rings is 1. The van der Waals surface area contributed by atoms with Gasteiger partial charge in [-0.3, -0.25) is 9.59 Å². The van der Waals surface area contributed by atoms with Gasteiger partial charge in [-0.1, -0.05) is 0 Å². The third-order valence-corrected chi connectivity index (χ3v) is 3.06. The average Bonchev–Trinajstić information content (AvgIpc) is 2.42. The van der Waals surface area contributed by atoms with E-state index in [-0.39, 0.29) is 24.1 Å². The molecule has 0 amide bonds. The van der Waals surface area contributed by atoms with E-state index < -0.39 is 0 Å². The Hall–Kier alpha value is -1.89. The number of carbonyl (C=O) groups excluding carboxylic acids is 1. The highest BCUT2D eigenvalue weighted by Gasteiger charge is 2.25. The Bertz CT molecular complexity index is 514. The first-order chi connectivity index (χ1) is 9.11. The molecule has 0 saturated carbocycles. The molecule has 0 aliphatic carbocycles. The van der Waals surface area contributed by atoms with Gasteiger partial charge in [-0.2, -0.15) is 0 Å². The minimum absolute atomic E-state index is 0.152. The van der Waals surface area contributed by atoms with Gasteiger partial charge in [-0.15, -0.1) is 0 Å². The number of rotatable bonds is 3. The maximum atomic E-state index is 12.0. The molecule has 19 heavy (non-hydrogen) atoms. The standard InChI is InChI=1S/C12H17N3O4/c1-14-4-3-13-11(12(14)17)15-5-6-19-9(8-15)7-10(16)18-2/h3-4,9H,5-8H2,1-2H3. The Morgan fingerprint density at radius 2 is 2.42 bits per heavy atom. The molecule has 1 fully saturated rings. The van der Waals surface area contributed by atoms with Gasteiger partial charge in [-0.05, 0) is 0 Å². The van der Waals surface area contributed by atoms with E-state index in [4.69, 9.17) is 4.74 Å². The number of hydrogen-bond acceptors (Lipinski definition) is 6. The lowest BCUT2D eigenvalue weighted by molar-refractivity contribution is -0.144. The van der Waals surface area contributed by atoms with E-state index in [2.05, 4.69) is 9.72 Å². The van der Waals surface area contributed by atoms with E-state index in [0.29, 0.717) is 25.5 Å². The molecule has 1 aliphatic heterocycles. The maximum Gasteiger partial charge on any atom is 0.308 e. The number of anilines is 1. The Labute approximate surface area is 110 Å². The number of hydrogen-bond donors (Lipinski definition) is 0. The molecule has 1 aliphatic rings. The lowest BCUT2D eigenvalue weighted by atomic mass is 10.2. The van der Waals surface area contributed by atoms with Crippen molar-refractivity contribution in [2.75, 3.05) is 31.7 Å². The molecule has 0 spiro atoms. The van der Waals surface area contributed by atoms with Gasteiger partial charge in [0.15, 0.2) is 5.82 Å². The topological polar surface area (TPSA) is 73.7 Å². The fourth-order valence-corrected chi connectivity index (χ4v) is 2.01. The SMILES string of the molecule is COC(=O)CC1CN(c2nccn(C)c2=O)CCO1. The van der Waals surface area contributed by atoms with Gasteiger partial charge in [-0.25, -0.2) is 4.98 Å². The van der Waals surface area contributed by atoms with Gasteiger partial charge in [0.2, 0.25) is 0 Å². The first-order valence-corrected chi connectivity index (χ1v) is 6.07. The minimum atomic E-state index is -0.319. The first-order valence-electron chi connectivity index (χ1n) is 6.07. The number of carbonyl (C=O) groups is 1. The van der Waals surface area contributed by atoms with Crippen LogP contribution in [-0.2, 0) is 21.3 Å². The molecule has 0 N–H and O–H groups in total. The second kappa shape index (κ2) is 5.83. The van der Waals surface area contributed by atoms with E-state index >= 15 is 0 Å². The zero-order valence-electron chi connectivity index (χ0n) is 11.0. The van der Waals surface area contributed by atoms with Gasteiger partial charge in [0, 0.05) is 32.5 Å². The number of esters is 1. The molecule has 1 aromatic heterocycles. The summed E-state index contributed by atoms with van der Waals surface area (Å²) in [5, 5.41) is 0. The van der Waals surface area contributed by atoms with Crippen molar-refractivity contribution in [2.45, 2.75) is 12.5 Å². The van der Waals surface area contributed by atoms with E-state index in [0.717, 1.165) is 0 Å². The van der Waals surface area contributed by atoms with Gasteiger partial charge >= 0.3 is 5.97 Å². The second-order valence-corrected chi connectivity index (χ2v) is 4.39. The van der Waals surface area contributed by atoms with Crippen LogP contribution < -0.4 is 10.5 Å². The third-order valence-electron chi connectivity index (χ3n) is 3.06. The summed E-state index contributed by atoms with van der Waals surface area (Å²) in [6, 6.07) is 0. The van der Waals surface area contributed by atoms with Crippen LogP contribution in [0.1, 0.15) is 6.42 Å². The summed E-state index contributed by atoms with van der Waals surface area (Å²) in [4.78, 5) is 29.2. The molecule has 104 valence electrons. The summed E-state index contributed by atoms with van der Waals surface area (Å²) >= 11 is 0. The highest BCUT2D eigenvalue weighted by Crippen LogP contribution is 2.13. The van der Waals surface area contributed by atoms with E-state index in [1.54, 1.807) is 19.4 Å². The lowest BCUT2D eigenvalue weighted by Gasteiger charge is -2.32. The smallest absolute Gasteiger partial charge is 0.308 e. The fourth-order valence-electron chi connectivity index (χ4n) is 2.01. The summed E-state index contributed by atoms with van der Waals surface area (Å²) in [6.07, 6.45) is 3.10. The fraction of sp³-hybridized carbons (Fsp3) is 0.583. The number of nitrogens with zero attached hydrogens (tertiary/aromatic N) is 3. The van der Waals surface area contributed by atoms with Crippen molar-refractivity contribution in [2.24, 2.45) is 7.05 Å². The monoisotopic (exact) mass is 267 g/mol. The van der Waals surface area contributed by atoms with Crippen LogP contribution in [0.4, 0.5) is 5.82 Å². The van der Waals surface area contributed by atoms with Crippen molar-refractivity contribution in [1.82, 2.24) is 9.55 Å². The Balaban J connectivity index is 2.11. The number of aromatic nitrogens is 2. The van der Waals surface area contributed by atoms with Crippen LogP contribution in [0.5, 0.6) is 0 Å². The molecule has 7 nitrogen and oxygen atoms in total. The average molecular weight is 267 g/mol. The molecular weight excluding hydrogens is 250 g/mol. The molecule has 1 atom stereocenters. The van der Waals surface area contributed by atoms with Crippen LogP contribution in [0.3, 0.4) is 0 Å². The number of ether oxygens (including phenoxy) is 2. The lowest BCUT2D eigenvalue weighted by Crippen LogP contribution is -2.46. The number of methoxy groups -OCH3 is 1. The summed E-state index contributed by atoms with van der Waals surface area (Å²) in [5.74, 6) is 0.0731. The Kier molecular flexibility index (Phi) is 4.16. The summed E-state index contributed by atoms with van der Waals surface area (Å²) in [5.41, 5.74) is -0.152. The van der Waals surface area contributed by atoms with Gasteiger partial charge < -0.3 is 18.9 Å². The van der Waals surface area contributed by atoms with Crippen LogP contribution in [-0.4, -0.2) is 48.4 Å².